The summed E-state index contributed by atoms with van der Waals surface area (Å²) in [5.41, 5.74) is 3.70. The standard InChI is InChI=1S/C23H28FN3O.HI/c1-25-22(27-12-9-18-5-2-3-6-19(18)16-27)26-17-23(10-13-28-14-11-23)20-7-4-8-21(24)15-20;/h2-8,15H,9-14,16-17H2,1H3,(H,25,26);1H. The summed E-state index contributed by atoms with van der Waals surface area (Å²) in [4.78, 5) is 6.84. The SMILES string of the molecule is CN=C(NCC1(c2cccc(F)c2)CCOCC1)N1CCc2ccccc2C1.I. The van der Waals surface area contributed by atoms with Crippen LogP contribution < -0.4 is 5.32 Å². The van der Waals surface area contributed by atoms with Crippen molar-refractivity contribution in [3.63, 3.8) is 0 Å². The van der Waals surface area contributed by atoms with Crippen LogP contribution in [-0.4, -0.2) is 44.2 Å². The number of hydrogen-bond donors (Lipinski definition) is 1. The fraction of sp³-hybridized carbons (Fsp3) is 0.435. The lowest BCUT2D eigenvalue weighted by Crippen LogP contribution is -2.50. The summed E-state index contributed by atoms with van der Waals surface area (Å²) in [6.45, 7) is 3.95. The lowest BCUT2D eigenvalue weighted by Gasteiger charge is -2.39. The van der Waals surface area contributed by atoms with E-state index >= 15 is 0 Å². The van der Waals surface area contributed by atoms with Crippen molar-refractivity contribution in [2.75, 3.05) is 33.4 Å². The number of halogens is 2. The van der Waals surface area contributed by atoms with Gasteiger partial charge in [0.2, 0.25) is 0 Å². The fourth-order valence-corrected chi connectivity index (χ4v) is 4.41. The number of ether oxygens (including phenoxy) is 1. The van der Waals surface area contributed by atoms with Crippen molar-refractivity contribution in [3.8, 4) is 0 Å². The van der Waals surface area contributed by atoms with Crippen molar-refractivity contribution < 1.29 is 9.13 Å². The van der Waals surface area contributed by atoms with Gasteiger partial charge in [-0.25, -0.2) is 4.39 Å². The van der Waals surface area contributed by atoms with Gasteiger partial charge in [-0.05, 0) is 48.1 Å². The van der Waals surface area contributed by atoms with Gasteiger partial charge in [-0.2, -0.15) is 0 Å². The van der Waals surface area contributed by atoms with Gasteiger partial charge in [0.25, 0.3) is 0 Å². The van der Waals surface area contributed by atoms with E-state index in [9.17, 15) is 4.39 Å². The second-order valence-corrected chi connectivity index (χ2v) is 7.74. The van der Waals surface area contributed by atoms with Crippen LogP contribution in [0.5, 0.6) is 0 Å². The highest BCUT2D eigenvalue weighted by Crippen LogP contribution is 2.34. The molecule has 0 atom stereocenters. The van der Waals surface area contributed by atoms with E-state index in [1.807, 2.05) is 13.1 Å². The summed E-state index contributed by atoms with van der Waals surface area (Å²) in [5, 5.41) is 3.60. The van der Waals surface area contributed by atoms with Gasteiger partial charge < -0.3 is 15.0 Å². The molecule has 1 saturated heterocycles. The Labute approximate surface area is 189 Å². The maximum Gasteiger partial charge on any atom is 0.193 e. The zero-order valence-corrected chi connectivity index (χ0v) is 19.2. The van der Waals surface area contributed by atoms with Crippen LogP contribution in [0.2, 0.25) is 0 Å². The molecule has 2 aromatic rings. The highest BCUT2D eigenvalue weighted by Gasteiger charge is 2.35. The second kappa shape index (κ2) is 9.89. The molecule has 0 radical (unpaired) electrons. The average molecular weight is 509 g/mol. The van der Waals surface area contributed by atoms with E-state index in [4.69, 9.17) is 4.74 Å². The number of fused-ring (bicyclic) bond motifs is 1. The monoisotopic (exact) mass is 509 g/mol. The number of aliphatic imine (C=N–C) groups is 1. The summed E-state index contributed by atoms with van der Waals surface area (Å²) in [7, 11) is 1.84. The molecule has 4 nitrogen and oxygen atoms in total. The molecular formula is C23H29FIN3O. The molecule has 2 aliphatic rings. The Hall–Kier alpha value is -1.67. The Kier molecular flexibility index (Phi) is 7.51. The number of guanidine groups is 1. The normalized spacial score (nSPS) is 18.6. The molecule has 0 unspecified atom stereocenters. The minimum absolute atomic E-state index is 0. The number of nitrogens with zero attached hydrogens (tertiary/aromatic N) is 2. The molecule has 2 aliphatic heterocycles. The van der Waals surface area contributed by atoms with Crippen LogP contribution in [0.4, 0.5) is 4.39 Å². The minimum atomic E-state index is -0.180. The van der Waals surface area contributed by atoms with Crippen LogP contribution >= 0.6 is 24.0 Å². The number of benzene rings is 2. The third-order valence-corrected chi connectivity index (χ3v) is 6.11. The molecule has 2 heterocycles. The number of rotatable bonds is 3. The maximum atomic E-state index is 13.9. The predicted molar refractivity (Wildman–Crippen MR) is 125 cm³/mol. The first-order chi connectivity index (χ1) is 13.7. The average Bonchev–Trinajstić information content (AvgIpc) is 2.75. The molecule has 1 fully saturated rings. The lowest BCUT2D eigenvalue weighted by atomic mass is 9.74. The van der Waals surface area contributed by atoms with Crippen LogP contribution in [0.15, 0.2) is 53.5 Å². The third-order valence-electron chi connectivity index (χ3n) is 6.11. The van der Waals surface area contributed by atoms with Gasteiger partial charge in [-0.3, -0.25) is 4.99 Å². The van der Waals surface area contributed by atoms with Gasteiger partial charge in [-0.1, -0.05) is 36.4 Å². The van der Waals surface area contributed by atoms with Crippen LogP contribution in [0, 0.1) is 5.82 Å². The Morgan fingerprint density at radius 1 is 1.14 bits per heavy atom. The van der Waals surface area contributed by atoms with E-state index in [2.05, 4.69) is 39.5 Å². The van der Waals surface area contributed by atoms with Gasteiger partial charge in [0, 0.05) is 45.3 Å². The summed E-state index contributed by atoms with van der Waals surface area (Å²) >= 11 is 0. The molecule has 6 heteroatoms. The van der Waals surface area contributed by atoms with Crippen molar-refractivity contribution >= 4 is 29.9 Å². The molecule has 0 spiro atoms. The minimum Gasteiger partial charge on any atom is -0.381 e. The smallest absolute Gasteiger partial charge is 0.193 e. The zero-order chi connectivity index (χ0) is 19.4. The molecule has 0 bridgehead atoms. The predicted octanol–water partition coefficient (Wildman–Crippen LogP) is 4.13. The van der Waals surface area contributed by atoms with Crippen LogP contribution in [-0.2, 0) is 23.1 Å². The van der Waals surface area contributed by atoms with E-state index in [0.717, 1.165) is 50.4 Å². The Bertz CT molecular complexity index is 852. The molecule has 0 aliphatic carbocycles. The lowest BCUT2D eigenvalue weighted by molar-refractivity contribution is 0.0510. The van der Waals surface area contributed by atoms with Gasteiger partial charge in [0.15, 0.2) is 5.96 Å². The van der Waals surface area contributed by atoms with Crippen molar-refractivity contribution in [2.45, 2.75) is 31.2 Å². The summed E-state index contributed by atoms with van der Waals surface area (Å²) < 4.78 is 19.5. The van der Waals surface area contributed by atoms with E-state index in [1.54, 1.807) is 12.1 Å². The van der Waals surface area contributed by atoms with Gasteiger partial charge in [0.05, 0.1) is 0 Å². The summed E-state index contributed by atoms with van der Waals surface area (Å²) in [6.07, 6.45) is 2.78. The van der Waals surface area contributed by atoms with Gasteiger partial charge in [0.1, 0.15) is 5.82 Å². The molecule has 0 aromatic heterocycles. The molecule has 0 amide bonds. The summed E-state index contributed by atoms with van der Waals surface area (Å²) in [6, 6.07) is 15.6. The first kappa shape index (κ1) is 22.0. The van der Waals surface area contributed by atoms with Gasteiger partial charge >= 0.3 is 0 Å². The molecule has 2 aromatic carbocycles. The number of hydrogen-bond acceptors (Lipinski definition) is 2. The Balaban J connectivity index is 0.00000240. The quantitative estimate of drug-likeness (QED) is 0.384. The largest absolute Gasteiger partial charge is 0.381 e. The first-order valence-corrected chi connectivity index (χ1v) is 10.1. The zero-order valence-electron chi connectivity index (χ0n) is 16.9. The van der Waals surface area contributed by atoms with Crippen molar-refractivity contribution in [1.29, 1.82) is 0 Å². The van der Waals surface area contributed by atoms with Crippen molar-refractivity contribution in [3.05, 3.63) is 71.0 Å². The van der Waals surface area contributed by atoms with Crippen molar-refractivity contribution in [2.24, 2.45) is 4.99 Å². The highest BCUT2D eigenvalue weighted by atomic mass is 127. The molecule has 0 saturated carbocycles. The highest BCUT2D eigenvalue weighted by molar-refractivity contribution is 14.0. The van der Waals surface area contributed by atoms with E-state index in [0.29, 0.717) is 13.2 Å². The topological polar surface area (TPSA) is 36.9 Å². The Morgan fingerprint density at radius 3 is 2.62 bits per heavy atom. The van der Waals surface area contributed by atoms with E-state index in [1.165, 1.54) is 17.2 Å². The van der Waals surface area contributed by atoms with Gasteiger partial charge in [-0.15, -0.1) is 24.0 Å². The molecule has 29 heavy (non-hydrogen) atoms. The molecular weight excluding hydrogens is 480 g/mol. The third kappa shape index (κ3) is 4.91. The first-order valence-electron chi connectivity index (χ1n) is 10.1. The van der Waals surface area contributed by atoms with E-state index < -0.39 is 0 Å². The maximum absolute atomic E-state index is 13.9. The fourth-order valence-electron chi connectivity index (χ4n) is 4.41. The van der Waals surface area contributed by atoms with E-state index in [-0.39, 0.29) is 35.2 Å². The molecule has 4 rings (SSSR count). The second-order valence-electron chi connectivity index (χ2n) is 7.74. The molecule has 156 valence electrons. The van der Waals surface area contributed by atoms with Crippen molar-refractivity contribution in [1.82, 2.24) is 10.2 Å². The molecule has 1 N–H and O–H groups in total. The van der Waals surface area contributed by atoms with Crippen LogP contribution in [0.3, 0.4) is 0 Å². The van der Waals surface area contributed by atoms with Crippen LogP contribution in [0.1, 0.15) is 29.5 Å². The number of nitrogens with one attached hydrogen (secondary N) is 1. The summed E-state index contributed by atoms with van der Waals surface area (Å²) in [5.74, 6) is 0.733. The van der Waals surface area contributed by atoms with Crippen LogP contribution in [0.25, 0.3) is 0 Å². The Morgan fingerprint density at radius 2 is 1.90 bits per heavy atom.